The quantitative estimate of drug-likeness (QED) is 0.757. The topological polar surface area (TPSA) is 55.8 Å². The summed E-state index contributed by atoms with van der Waals surface area (Å²) in [5.74, 6) is -0.712. The second kappa shape index (κ2) is 7.94. The van der Waals surface area contributed by atoms with Gasteiger partial charge in [0.15, 0.2) is 0 Å². The van der Waals surface area contributed by atoms with E-state index in [9.17, 15) is 9.59 Å². The van der Waals surface area contributed by atoms with Crippen molar-refractivity contribution in [2.24, 2.45) is 0 Å². The normalized spacial score (nSPS) is 11.9. The Bertz CT molecular complexity index is 554. The van der Waals surface area contributed by atoms with Crippen LogP contribution in [0.15, 0.2) is 12.1 Å². The minimum Gasteiger partial charge on any atom is -0.467 e. The van der Waals surface area contributed by atoms with Crippen molar-refractivity contribution in [1.82, 2.24) is 0 Å². The number of rotatable bonds is 6. The number of nitrogens with zero attached hydrogens (tertiary/aromatic N) is 1. The van der Waals surface area contributed by atoms with E-state index in [2.05, 4.69) is 0 Å². The van der Waals surface area contributed by atoms with E-state index in [0.717, 1.165) is 28.8 Å². The van der Waals surface area contributed by atoms with E-state index in [1.165, 1.54) is 19.1 Å². The zero-order valence-corrected chi connectivity index (χ0v) is 14.2. The van der Waals surface area contributed by atoms with Gasteiger partial charge in [-0.3, -0.25) is 9.69 Å². The van der Waals surface area contributed by atoms with Crippen LogP contribution in [0.2, 0.25) is 0 Å². The summed E-state index contributed by atoms with van der Waals surface area (Å²) in [6, 6.07) is 3.31. The molecule has 0 saturated carbocycles. The standard InChI is InChI=1S/C17H25NO4/c1-7-14-9-8-11(2)12(3)16(14)18(15(19)10-21-5)13(4)17(20)22-6/h8-9,13H,7,10H2,1-6H3. The van der Waals surface area contributed by atoms with Gasteiger partial charge in [0.2, 0.25) is 0 Å². The minimum atomic E-state index is -0.710. The first kappa shape index (κ1) is 18.2. The van der Waals surface area contributed by atoms with Crippen LogP contribution >= 0.6 is 0 Å². The number of amides is 1. The number of carbonyl (C=O) groups excluding carboxylic acids is 2. The second-order valence-corrected chi connectivity index (χ2v) is 5.26. The number of carbonyl (C=O) groups is 2. The summed E-state index contributed by atoms with van der Waals surface area (Å²) in [6.07, 6.45) is 0.765. The molecule has 0 aromatic heterocycles. The van der Waals surface area contributed by atoms with Gasteiger partial charge in [0, 0.05) is 7.11 Å². The van der Waals surface area contributed by atoms with Gasteiger partial charge in [0.05, 0.1) is 12.8 Å². The van der Waals surface area contributed by atoms with Crippen LogP contribution in [-0.4, -0.2) is 38.7 Å². The average molecular weight is 307 g/mol. The van der Waals surface area contributed by atoms with Crippen LogP contribution < -0.4 is 4.90 Å². The van der Waals surface area contributed by atoms with E-state index in [1.54, 1.807) is 6.92 Å². The Labute approximate surface area is 132 Å². The van der Waals surface area contributed by atoms with Gasteiger partial charge in [-0.25, -0.2) is 4.79 Å². The molecule has 5 nitrogen and oxygen atoms in total. The molecule has 0 heterocycles. The molecule has 122 valence electrons. The summed E-state index contributed by atoms with van der Waals surface area (Å²) in [5.41, 5.74) is 3.85. The molecule has 0 bridgehead atoms. The first-order chi connectivity index (χ1) is 10.4. The zero-order chi connectivity index (χ0) is 16.9. The fraction of sp³-hybridized carbons (Fsp3) is 0.529. The van der Waals surface area contributed by atoms with Crippen molar-refractivity contribution in [2.75, 3.05) is 25.7 Å². The van der Waals surface area contributed by atoms with Crippen LogP contribution in [0, 0.1) is 13.8 Å². The third kappa shape index (κ3) is 3.65. The SMILES string of the molecule is CCc1ccc(C)c(C)c1N(C(=O)COC)C(C)C(=O)OC. The highest BCUT2D eigenvalue weighted by molar-refractivity contribution is 6.01. The van der Waals surface area contributed by atoms with Gasteiger partial charge in [0.1, 0.15) is 12.6 Å². The lowest BCUT2D eigenvalue weighted by Gasteiger charge is -2.31. The summed E-state index contributed by atoms with van der Waals surface area (Å²) in [5, 5.41) is 0. The molecule has 1 rings (SSSR count). The molecule has 1 aromatic carbocycles. The van der Waals surface area contributed by atoms with Crippen molar-refractivity contribution in [3.63, 3.8) is 0 Å². The van der Waals surface area contributed by atoms with Gasteiger partial charge in [-0.1, -0.05) is 19.1 Å². The van der Waals surface area contributed by atoms with Gasteiger partial charge < -0.3 is 9.47 Å². The van der Waals surface area contributed by atoms with Gasteiger partial charge >= 0.3 is 5.97 Å². The fourth-order valence-corrected chi connectivity index (χ4v) is 2.48. The predicted octanol–water partition coefficient (Wildman–Crippen LogP) is 2.41. The maximum absolute atomic E-state index is 12.5. The smallest absolute Gasteiger partial charge is 0.328 e. The molecule has 0 N–H and O–H groups in total. The van der Waals surface area contributed by atoms with Crippen LogP contribution in [0.3, 0.4) is 0 Å². The predicted molar refractivity (Wildman–Crippen MR) is 86.1 cm³/mol. The lowest BCUT2D eigenvalue weighted by atomic mass is 9.99. The highest BCUT2D eigenvalue weighted by Gasteiger charge is 2.30. The first-order valence-corrected chi connectivity index (χ1v) is 7.36. The van der Waals surface area contributed by atoms with Crippen molar-refractivity contribution < 1.29 is 19.1 Å². The Hall–Kier alpha value is -1.88. The molecule has 0 fully saturated rings. The monoisotopic (exact) mass is 307 g/mol. The molecular formula is C17H25NO4. The van der Waals surface area contributed by atoms with Gasteiger partial charge in [-0.15, -0.1) is 0 Å². The Balaban J connectivity index is 3.48. The summed E-state index contributed by atoms with van der Waals surface area (Å²) in [6.45, 7) is 7.55. The number of methoxy groups -OCH3 is 2. The summed E-state index contributed by atoms with van der Waals surface area (Å²) in [7, 11) is 2.78. The van der Waals surface area contributed by atoms with Crippen molar-refractivity contribution in [3.05, 3.63) is 28.8 Å². The number of hydrogen-bond donors (Lipinski definition) is 0. The van der Waals surface area contributed by atoms with E-state index in [4.69, 9.17) is 9.47 Å². The van der Waals surface area contributed by atoms with Crippen LogP contribution in [0.5, 0.6) is 0 Å². The van der Waals surface area contributed by atoms with Gasteiger partial charge in [-0.2, -0.15) is 0 Å². The third-order valence-corrected chi connectivity index (χ3v) is 3.87. The Kier molecular flexibility index (Phi) is 6.56. The molecule has 0 aliphatic heterocycles. The van der Waals surface area contributed by atoms with Crippen LogP contribution in [0.1, 0.15) is 30.5 Å². The molecule has 1 unspecified atom stereocenters. The van der Waals surface area contributed by atoms with E-state index in [0.29, 0.717) is 0 Å². The minimum absolute atomic E-state index is 0.0854. The average Bonchev–Trinajstić information content (AvgIpc) is 2.51. The van der Waals surface area contributed by atoms with Crippen LogP contribution in [-0.2, 0) is 25.5 Å². The highest BCUT2D eigenvalue weighted by Crippen LogP contribution is 2.30. The molecule has 0 aliphatic carbocycles. The lowest BCUT2D eigenvalue weighted by molar-refractivity contribution is -0.143. The van der Waals surface area contributed by atoms with Crippen molar-refractivity contribution in [3.8, 4) is 0 Å². The molecular weight excluding hydrogens is 282 g/mol. The maximum atomic E-state index is 12.5. The summed E-state index contributed by atoms with van der Waals surface area (Å²) >= 11 is 0. The largest absolute Gasteiger partial charge is 0.467 e. The van der Waals surface area contributed by atoms with E-state index >= 15 is 0 Å². The maximum Gasteiger partial charge on any atom is 0.328 e. The molecule has 0 radical (unpaired) electrons. The molecule has 0 saturated heterocycles. The molecule has 5 heteroatoms. The lowest BCUT2D eigenvalue weighted by Crippen LogP contribution is -2.46. The highest BCUT2D eigenvalue weighted by atomic mass is 16.5. The van der Waals surface area contributed by atoms with Crippen molar-refractivity contribution in [2.45, 2.75) is 40.2 Å². The van der Waals surface area contributed by atoms with E-state index in [-0.39, 0.29) is 12.5 Å². The second-order valence-electron chi connectivity index (χ2n) is 5.26. The third-order valence-electron chi connectivity index (χ3n) is 3.87. The number of benzene rings is 1. The Morgan fingerprint density at radius 1 is 1.23 bits per heavy atom. The van der Waals surface area contributed by atoms with Crippen molar-refractivity contribution in [1.29, 1.82) is 0 Å². The Morgan fingerprint density at radius 2 is 1.86 bits per heavy atom. The summed E-state index contributed by atoms with van der Waals surface area (Å²) in [4.78, 5) is 26.0. The molecule has 0 spiro atoms. The van der Waals surface area contributed by atoms with Gasteiger partial charge in [0.25, 0.3) is 5.91 Å². The molecule has 22 heavy (non-hydrogen) atoms. The van der Waals surface area contributed by atoms with E-state index in [1.807, 2.05) is 32.9 Å². The Morgan fingerprint density at radius 3 is 2.36 bits per heavy atom. The first-order valence-electron chi connectivity index (χ1n) is 7.36. The van der Waals surface area contributed by atoms with Crippen molar-refractivity contribution >= 4 is 17.6 Å². The van der Waals surface area contributed by atoms with Crippen LogP contribution in [0.25, 0.3) is 0 Å². The van der Waals surface area contributed by atoms with Crippen LogP contribution in [0.4, 0.5) is 5.69 Å². The number of esters is 1. The number of hydrogen-bond acceptors (Lipinski definition) is 4. The zero-order valence-electron chi connectivity index (χ0n) is 14.2. The summed E-state index contributed by atoms with van der Waals surface area (Å²) < 4.78 is 9.78. The number of anilines is 1. The van der Waals surface area contributed by atoms with E-state index < -0.39 is 12.0 Å². The molecule has 1 atom stereocenters. The molecule has 0 aliphatic rings. The number of aryl methyl sites for hydroxylation is 2. The molecule has 1 aromatic rings. The number of ether oxygens (including phenoxy) is 2. The van der Waals surface area contributed by atoms with Gasteiger partial charge in [-0.05, 0) is 43.9 Å². The fourth-order valence-electron chi connectivity index (χ4n) is 2.48. The molecule has 1 amide bonds.